The van der Waals surface area contributed by atoms with Crippen LogP contribution >= 0.6 is 11.6 Å². The molecule has 0 aromatic heterocycles. The van der Waals surface area contributed by atoms with Gasteiger partial charge in [-0.25, -0.2) is 0 Å². The van der Waals surface area contributed by atoms with Crippen LogP contribution in [0.4, 0.5) is 0 Å². The van der Waals surface area contributed by atoms with Crippen molar-refractivity contribution >= 4 is 17.5 Å². The lowest BCUT2D eigenvalue weighted by molar-refractivity contribution is -0.154. The first kappa shape index (κ1) is 16.1. The van der Waals surface area contributed by atoms with Gasteiger partial charge in [0.15, 0.2) is 0 Å². The van der Waals surface area contributed by atoms with Crippen LogP contribution in [-0.2, 0) is 4.79 Å². The fourth-order valence-corrected chi connectivity index (χ4v) is 2.83. The van der Waals surface area contributed by atoms with Crippen LogP contribution in [0.25, 0.3) is 0 Å². The number of benzene rings is 1. The Labute approximate surface area is 130 Å². The summed E-state index contributed by atoms with van der Waals surface area (Å²) in [6.45, 7) is 0. The van der Waals surface area contributed by atoms with Gasteiger partial charge < -0.3 is 14.7 Å². The second kappa shape index (κ2) is 6.67. The summed E-state index contributed by atoms with van der Waals surface area (Å²) in [5.41, 5.74) is -1.10. The van der Waals surface area contributed by atoms with E-state index >= 15 is 0 Å². The van der Waals surface area contributed by atoms with Crippen LogP contribution in [0, 0.1) is 0 Å². The normalized spacial score (nSPS) is 18.9. The van der Waals surface area contributed by atoms with E-state index < -0.39 is 11.7 Å². The summed E-state index contributed by atoms with van der Waals surface area (Å²) >= 11 is 5.86. The van der Waals surface area contributed by atoms with Crippen LogP contribution in [0.5, 0.6) is 5.75 Å². The van der Waals surface area contributed by atoms with Crippen molar-refractivity contribution in [3.05, 3.63) is 29.3 Å². The summed E-state index contributed by atoms with van der Waals surface area (Å²) in [5.74, 6) is 0.327. The lowest BCUT2D eigenvalue weighted by atomic mass is 9.80. The average Bonchev–Trinajstić information content (AvgIpc) is 2.46. The first-order chi connectivity index (χ1) is 9.92. The van der Waals surface area contributed by atoms with E-state index in [0.29, 0.717) is 23.6 Å². The van der Waals surface area contributed by atoms with Gasteiger partial charge in [-0.1, -0.05) is 30.9 Å². The van der Waals surface area contributed by atoms with Gasteiger partial charge in [0.25, 0.3) is 5.91 Å². The number of carbonyl (C=O) groups excluding carboxylic acids is 1. The van der Waals surface area contributed by atoms with Crippen molar-refractivity contribution in [2.24, 2.45) is 0 Å². The average molecular weight is 312 g/mol. The zero-order valence-electron chi connectivity index (χ0n) is 12.5. The predicted molar refractivity (Wildman–Crippen MR) is 82.6 cm³/mol. The minimum atomic E-state index is -1.10. The van der Waals surface area contributed by atoms with Crippen molar-refractivity contribution in [2.45, 2.75) is 43.8 Å². The predicted octanol–water partition coefficient (Wildman–Crippen LogP) is 2.87. The highest BCUT2D eigenvalue weighted by Crippen LogP contribution is 2.34. The van der Waals surface area contributed by atoms with Gasteiger partial charge in [-0.2, -0.15) is 0 Å². The first-order valence-electron chi connectivity index (χ1n) is 7.28. The molecule has 1 aliphatic carbocycles. The molecule has 116 valence electrons. The number of aliphatic hydroxyl groups is 1. The summed E-state index contributed by atoms with van der Waals surface area (Å²) in [4.78, 5) is 13.9. The summed E-state index contributed by atoms with van der Waals surface area (Å²) in [6.07, 6.45) is 3.21. The Balaban J connectivity index is 2.23. The van der Waals surface area contributed by atoms with Crippen LogP contribution in [0.2, 0.25) is 5.02 Å². The lowest BCUT2D eigenvalue weighted by Gasteiger charge is -2.39. The SMILES string of the molecule is CN(C)C(=O)C(Oc1ccc(Cl)cc1)C1(O)CCCCC1. The monoisotopic (exact) mass is 311 g/mol. The number of carbonyl (C=O) groups is 1. The maximum absolute atomic E-state index is 12.4. The van der Waals surface area contributed by atoms with Crippen molar-refractivity contribution in [1.82, 2.24) is 4.90 Å². The lowest BCUT2D eigenvalue weighted by Crippen LogP contribution is -2.55. The van der Waals surface area contributed by atoms with Gasteiger partial charge in [0, 0.05) is 19.1 Å². The smallest absolute Gasteiger partial charge is 0.266 e. The molecule has 1 amide bonds. The Morgan fingerprint density at radius 1 is 1.24 bits per heavy atom. The fourth-order valence-electron chi connectivity index (χ4n) is 2.70. The molecule has 2 rings (SSSR count). The summed E-state index contributed by atoms with van der Waals surface area (Å²) in [5, 5.41) is 11.5. The van der Waals surface area contributed by atoms with E-state index in [1.807, 2.05) is 0 Å². The molecule has 4 nitrogen and oxygen atoms in total. The largest absolute Gasteiger partial charge is 0.478 e. The topological polar surface area (TPSA) is 49.8 Å². The number of ether oxygens (including phenoxy) is 1. The van der Waals surface area contributed by atoms with Crippen LogP contribution in [0.15, 0.2) is 24.3 Å². The number of hydrogen-bond acceptors (Lipinski definition) is 3. The van der Waals surface area contributed by atoms with Gasteiger partial charge in [-0.05, 0) is 37.1 Å². The van der Waals surface area contributed by atoms with Gasteiger partial charge >= 0.3 is 0 Å². The molecule has 1 unspecified atom stereocenters. The highest BCUT2D eigenvalue weighted by molar-refractivity contribution is 6.30. The number of likely N-dealkylation sites (N-methyl/N-ethyl adjacent to an activating group) is 1. The van der Waals surface area contributed by atoms with Gasteiger partial charge in [-0.15, -0.1) is 0 Å². The zero-order valence-corrected chi connectivity index (χ0v) is 13.3. The number of hydrogen-bond donors (Lipinski definition) is 1. The molecular weight excluding hydrogens is 290 g/mol. The molecule has 0 heterocycles. The Morgan fingerprint density at radius 3 is 2.33 bits per heavy atom. The van der Waals surface area contributed by atoms with Crippen LogP contribution in [0.1, 0.15) is 32.1 Å². The molecule has 0 radical (unpaired) electrons. The Morgan fingerprint density at radius 2 is 1.81 bits per heavy atom. The van der Waals surface area contributed by atoms with Crippen molar-refractivity contribution in [3.63, 3.8) is 0 Å². The van der Waals surface area contributed by atoms with E-state index in [4.69, 9.17) is 16.3 Å². The molecule has 0 aliphatic heterocycles. The molecule has 1 atom stereocenters. The highest BCUT2D eigenvalue weighted by atomic mass is 35.5. The maximum atomic E-state index is 12.4. The summed E-state index contributed by atoms with van der Waals surface area (Å²) in [7, 11) is 3.35. The molecule has 0 saturated heterocycles. The maximum Gasteiger partial charge on any atom is 0.266 e. The molecule has 1 aromatic carbocycles. The minimum absolute atomic E-state index is 0.214. The Kier molecular flexibility index (Phi) is 5.12. The van der Waals surface area contributed by atoms with Crippen molar-refractivity contribution in [3.8, 4) is 5.75 Å². The van der Waals surface area contributed by atoms with E-state index in [9.17, 15) is 9.90 Å². The quantitative estimate of drug-likeness (QED) is 0.930. The van der Waals surface area contributed by atoms with Gasteiger partial charge in [-0.3, -0.25) is 4.79 Å². The van der Waals surface area contributed by atoms with Crippen LogP contribution in [-0.4, -0.2) is 41.7 Å². The highest BCUT2D eigenvalue weighted by Gasteiger charge is 2.44. The first-order valence-corrected chi connectivity index (χ1v) is 7.66. The van der Waals surface area contributed by atoms with E-state index in [-0.39, 0.29) is 5.91 Å². The third kappa shape index (κ3) is 3.89. The molecule has 5 heteroatoms. The molecule has 1 fully saturated rings. The molecular formula is C16H22ClNO3. The van der Waals surface area contributed by atoms with Crippen molar-refractivity contribution < 1.29 is 14.6 Å². The van der Waals surface area contributed by atoms with Crippen molar-refractivity contribution in [2.75, 3.05) is 14.1 Å². The summed E-state index contributed by atoms with van der Waals surface area (Å²) in [6, 6.07) is 6.84. The number of nitrogens with zero attached hydrogens (tertiary/aromatic N) is 1. The number of rotatable bonds is 4. The minimum Gasteiger partial charge on any atom is -0.478 e. The van der Waals surface area contributed by atoms with E-state index in [1.165, 1.54) is 4.90 Å². The molecule has 0 spiro atoms. The van der Waals surface area contributed by atoms with E-state index in [2.05, 4.69) is 0 Å². The molecule has 21 heavy (non-hydrogen) atoms. The number of halogens is 1. The second-order valence-corrected chi connectivity index (χ2v) is 6.29. The van der Waals surface area contributed by atoms with Crippen molar-refractivity contribution in [1.29, 1.82) is 0 Å². The zero-order chi connectivity index (χ0) is 15.5. The van der Waals surface area contributed by atoms with Gasteiger partial charge in [0.05, 0.1) is 0 Å². The molecule has 0 bridgehead atoms. The van der Waals surface area contributed by atoms with E-state index in [0.717, 1.165) is 19.3 Å². The standard InChI is InChI=1S/C16H22ClNO3/c1-18(2)15(19)14(16(20)10-4-3-5-11-16)21-13-8-6-12(17)7-9-13/h6-9,14,20H,3-5,10-11H2,1-2H3. The third-order valence-electron chi connectivity index (χ3n) is 3.94. The Bertz CT molecular complexity index is 481. The second-order valence-electron chi connectivity index (χ2n) is 5.85. The van der Waals surface area contributed by atoms with Crippen LogP contribution < -0.4 is 4.74 Å². The molecule has 1 N–H and O–H groups in total. The summed E-state index contributed by atoms with van der Waals surface area (Å²) < 4.78 is 5.84. The number of amides is 1. The van der Waals surface area contributed by atoms with E-state index in [1.54, 1.807) is 38.4 Å². The molecule has 1 saturated carbocycles. The van der Waals surface area contributed by atoms with Gasteiger partial charge in [0.1, 0.15) is 11.4 Å². The molecule has 1 aliphatic rings. The fraction of sp³-hybridized carbons (Fsp3) is 0.562. The third-order valence-corrected chi connectivity index (χ3v) is 4.19. The molecule has 1 aromatic rings. The van der Waals surface area contributed by atoms with Crippen LogP contribution in [0.3, 0.4) is 0 Å². The van der Waals surface area contributed by atoms with Gasteiger partial charge in [0.2, 0.25) is 6.10 Å². The Hall–Kier alpha value is -1.26.